The van der Waals surface area contributed by atoms with Gasteiger partial charge in [0.05, 0.1) is 6.54 Å². The number of amides is 2. The summed E-state index contributed by atoms with van der Waals surface area (Å²) in [6.45, 7) is 5.95. The van der Waals surface area contributed by atoms with Gasteiger partial charge in [0.25, 0.3) is 5.91 Å². The van der Waals surface area contributed by atoms with Crippen LogP contribution < -0.4 is 10.6 Å². The standard InChI is InChI=1S/C23H29N3O2/c1-17-8-7-9-21(18(17)2)24-16-22(27)25-20-12-10-19(11-13-20)23(28)26-14-5-3-4-6-15-26/h7-13,24H,3-6,14-16H2,1-2H3,(H,25,27). The number of hydrogen-bond acceptors (Lipinski definition) is 3. The van der Waals surface area contributed by atoms with Crippen molar-refractivity contribution in [3.05, 3.63) is 59.2 Å². The maximum absolute atomic E-state index is 12.6. The Hall–Kier alpha value is -2.82. The van der Waals surface area contributed by atoms with Crippen LogP contribution in [0.5, 0.6) is 0 Å². The van der Waals surface area contributed by atoms with Gasteiger partial charge in [0.2, 0.25) is 5.91 Å². The highest BCUT2D eigenvalue weighted by molar-refractivity contribution is 5.96. The Labute approximate surface area is 167 Å². The molecular weight excluding hydrogens is 350 g/mol. The van der Waals surface area contributed by atoms with E-state index < -0.39 is 0 Å². The summed E-state index contributed by atoms with van der Waals surface area (Å²) in [5, 5.41) is 6.06. The van der Waals surface area contributed by atoms with E-state index in [-0.39, 0.29) is 18.4 Å². The van der Waals surface area contributed by atoms with Gasteiger partial charge in [-0.05, 0) is 68.1 Å². The zero-order valence-corrected chi connectivity index (χ0v) is 16.8. The predicted octanol–water partition coefficient (Wildman–Crippen LogP) is 4.37. The van der Waals surface area contributed by atoms with Crippen LogP contribution in [0.25, 0.3) is 0 Å². The Balaban J connectivity index is 1.54. The predicted molar refractivity (Wildman–Crippen MR) is 114 cm³/mol. The highest BCUT2D eigenvalue weighted by Gasteiger charge is 2.17. The average molecular weight is 380 g/mol. The molecule has 0 bridgehead atoms. The number of nitrogens with zero attached hydrogens (tertiary/aromatic N) is 1. The quantitative estimate of drug-likeness (QED) is 0.811. The molecule has 0 unspecified atom stereocenters. The van der Waals surface area contributed by atoms with E-state index >= 15 is 0 Å². The van der Waals surface area contributed by atoms with Crippen LogP contribution in [0.2, 0.25) is 0 Å². The molecule has 0 aliphatic carbocycles. The Morgan fingerprint density at radius 2 is 1.61 bits per heavy atom. The second-order valence-corrected chi connectivity index (χ2v) is 7.43. The number of likely N-dealkylation sites (tertiary alicyclic amines) is 1. The molecule has 28 heavy (non-hydrogen) atoms. The van der Waals surface area contributed by atoms with E-state index in [0.29, 0.717) is 11.3 Å². The molecule has 2 aromatic carbocycles. The van der Waals surface area contributed by atoms with Crippen LogP contribution in [0.1, 0.15) is 47.2 Å². The second-order valence-electron chi connectivity index (χ2n) is 7.43. The van der Waals surface area contributed by atoms with Crippen molar-refractivity contribution < 1.29 is 9.59 Å². The van der Waals surface area contributed by atoms with Crippen molar-refractivity contribution >= 4 is 23.2 Å². The SMILES string of the molecule is Cc1cccc(NCC(=O)Nc2ccc(C(=O)N3CCCCCC3)cc2)c1C. The number of benzene rings is 2. The Kier molecular flexibility index (Phi) is 6.69. The minimum atomic E-state index is -0.118. The summed E-state index contributed by atoms with van der Waals surface area (Å²) in [5.74, 6) is -0.0381. The molecule has 2 amide bonds. The smallest absolute Gasteiger partial charge is 0.253 e. The van der Waals surface area contributed by atoms with Gasteiger partial charge in [-0.3, -0.25) is 9.59 Å². The maximum Gasteiger partial charge on any atom is 0.253 e. The molecule has 1 heterocycles. The first-order valence-electron chi connectivity index (χ1n) is 10.0. The van der Waals surface area contributed by atoms with Crippen LogP contribution in [0.15, 0.2) is 42.5 Å². The van der Waals surface area contributed by atoms with Gasteiger partial charge in [-0.2, -0.15) is 0 Å². The third kappa shape index (κ3) is 5.12. The molecule has 3 rings (SSSR count). The van der Waals surface area contributed by atoms with E-state index in [1.54, 1.807) is 24.3 Å². The fourth-order valence-electron chi connectivity index (χ4n) is 3.48. The van der Waals surface area contributed by atoms with Gasteiger partial charge in [-0.1, -0.05) is 25.0 Å². The van der Waals surface area contributed by atoms with Crippen molar-refractivity contribution in [3.63, 3.8) is 0 Å². The number of carbonyl (C=O) groups is 2. The summed E-state index contributed by atoms with van der Waals surface area (Å²) in [7, 11) is 0. The molecule has 2 N–H and O–H groups in total. The molecule has 0 saturated carbocycles. The molecule has 0 aromatic heterocycles. The molecule has 1 fully saturated rings. The summed E-state index contributed by atoms with van der Waals surface area (Å²) < 4.78 is 0. The lowest BCUT2D eigenvalue weighted by molar-refractivity contribution is -0.114. The third-order valence-corrected chi connectivity index (χ3v) is 5.35. The van der Waals surface area contributed by atoms with Crippen LogP contribution in [0, 0.1) is 13.8 Å². The number of hydrogen-bond donors (Lipinski definition) is 2. The van der Waals surface area contributed by atoms with Gasteiger partial charge in [-0.25, -0.2) is 0 Å². The van der Waals surface area contributed by atoms with E-state index in [2.05, 4.69) is 23.6 Å². The van der Waals surface area contributed by atoms with Crippen LogP contribution >= 0.6 is 0 Å². The normalized spacial score (nSPS) is 14.3. The topological polar surface area (TPSA) is 61.4 Å². The van der Waals surface area contributed by atoms with Crippen molar-refractivity contribution in [1.29, 1.82) is 0 Å². The summed E-state index contributed by atoms with van der Waals surface area (Å²) in [6, 6.07) is 13.2. The zero-order valence-electron chi connectivity index (χ0n) is 16.8. The molecule has 5 nitrogen and oxygen atoms in total. The lowest BCUT2D eigenvalue weighted by Gasteiger charge is -2.20. The molecule has 1 aliphatic heterocycles. The molecular formula is C23H29N3O2. The summed E-state index contributed by atoms with van der Waals surface area (Å²) >= 11 is 0. The second kappa shape index (κ2) is 9.40. The average Bonchev–Trinajstić information content (AvgIpc) is 2.99. The van der Waals surface area contributed by atoms with Gasteiger partial charge in [0.1, 0.15) is 0 Å². The highest BCUT2D eigenvalue weighted by atomic mass is 16.2. The van der Waals surface area contributed by atoms with Gasteiger partial charge in [0, 0.05) is 30.0 Å². The van der Waals surface area contributed by atoms with Gasteiger partial charge in [-0.15, -0.1) is 0 Å². The van der Waals surface area contributed by atoms with E-state index in [9.17, 15) is 9.59 Å². The monoisotopic (exact) mass is 379 g/mol. The van der Waals surface area contributed by atoms with Gasteiger partial charge >= 0.3 is 0 Å². The fourth-order valence-corrected chi connectivity index (χ4v) is 3.48. The van der Waals surface area contributed by atoms with Crippen molar-refractivity contribution in [1.82, 2.24) is 4.90 Å². The third-order valence-electron chi connectivity index (χ3n) is 5.35. The largest absolute Gasteiger partial charge is 0.376 e. The zero-order chi connectivity index (χ0) is 19.9. The molecule has 148 valence electrons. The first-order chi connectivity index (χ1) is 13.5. The van der Waals surface area contributed by atoms with Crippen LogP contribution in [-0.2, 0) is 4.79 Å². The van der Waals surface area contributed by atoms with Crippen molar-refractivity contribution in [2.45, 2.75) is 39.5 Å². The minimum absolute atomic E-state index is 0.0800. The number of carbonyl (C=O) groups excluding carboxylic acids is 2. The van der Waals surface area contributed by atoms with E-state index in [1.807, 2.05) is 24.0 Å². The number of nitrogens with one attached hydrogen (secondary N) is 2. The molecule has 1 aliphatic rings. The number of anilines is 2. The molecule has 1 saturated heterocycles. The minimum Gasteiger partial charge on any atom is -0.376 e. The Morgan fingerprint density at radius 3 is 2.29 bits per heavy atom. The van der Waals surface area contributed by atoms with Crippen molar-refractivity contribution in [2.24, 2.45) is 0 Å². The van der Waals surface area contributed by atoms with E-state index in [4.69, 9.17) is 0 Å². The summed E-state index contributed by atoms with van der Waals surface area (Å²) in [6.07, 6.45) is 4.55. The van der Waals surface area contributed by atoms with Crippen molar-refractivity contribution in [2.75, 3.05) is 30.3 Å². The highest BCUT2D eigenvalue weighted by Crippen LogP contribution is 2.18. The van der Waals surface area contributed by atoms with Crippen molar-refractivity contribution in [3.8, 4) is 0 Å². The van der Waals surface area contributed by atoms with Gasteiger partial charge in [0.15, 0.2) is 0 Å². The summed E-state index contributed by atoms with van der Waals surface area (Å²) in [4.78, 5) is 26.8. The van der Waals surface area contributed by atoms with E-state index in [0.717, 1.165) is 37.2 Å². The molecule has 5 heteroatoms. The molecule has 0 atom stereocenters. The molecule has 0 radical (unpaired) electrons. The van der Waals surface area contributed by atoms with E-state index in [1.165, 1.54) is 18.4 Å². The maximum atomic E-state index is 12.6. The molecule has 2 aromatic rings. The Bertz CT molecular complexity index is 822. The van der Waals surface area contributed by atoms with Gasteiger partial charge < -0.3 is 15.5 Å². The first-order valence-corrected chi connectivity index (χ1v) is 10.0. The first kappa shape index (κ1) is 19.9. The Morgan fingerprint density at radius 1 is 0.929 bits per heavy atom. The number of rotatable bonds is 5. The van der Waals surface area contributed by atoms with Crippen LogP contribution in [0.3, 0.4) is 0 Å². The van der Waals surface area contributed by atoms with Crippen LogP contribution in [-0.4, -0.2) is 36.3 Å². The molecule has 0 spiro atoms. The number of aryl methyl sites for hydroxylation is 1. The lowest BCUT2D eigenvalue weighted by atomic mass is 10.1. The fraction of sp³-hybridized carbons (Fsp3) is 0.391. The lowest BCUT2D eigenvalue weighted by Crippen LogP contribution is -2.31. The van der Waals surface area contributed by atoms with Crippen LogP contribution in [0.4, 0.5) is 11.4 Å². The summed E-state index contributed by atoms with van der Waals surface area (Å²) in [5.41, 5.74) is 4.67.